The van der Waals surface area contributed by atoms with Crippen LogP contribution in [-0.2, 0) is 0 Å². The normalized spacial score (nSPS) is 38.9. The van der Waals surface area contributed by atoms with E-state index in [-0.39, 0.29) is 0 Å². The van der Waals surface area contributed by atoms with Gasteiger partial charge in [0.25, 0.3) is 0 Å². The van der Waals surface area contributed by atoms with Crippen molar-refractivity contribution in [2.45, 2.75) is 99.6 Å². The molecule has 0 spiro atoms. The van der Waals surface area contributed by atoms with Gasteiger partial charge in [-0.05, 0) is 61.7 Å². The van der Waals surface area contributed by atoms with Crippen molar-refractivity contribution in [2.24, 2.45) is 28.6 Å². The van der Waals surface area contributed by atoms with Gasteiger partial charge in [0.15, 0.2) is 0 Å². The summed E-state index contributed by atoms with van der Waals surface area (Å²) in [6, 6.07) is 0.748. The summed E-state index contributed by atoms with van der Waals surface area (Å²) in [5, 5.41) is 0. The summed E-state index contributed by atoms with van der Waals surface area (Å²) in [5.74, 6) is 2.41. The maximum atomic E-state index is 2.94. The molecule has 0 aromatic heterocycles. The third-order valence-electron chi connectivity index (χ3n) is 7.13. The number of rotatable bonds is 3. The molecule has 0 aromatic carbocycles. The van der Waals surface area contributed by atoms with Crippen molar-refractivity contribution in [3.05, 3.63) is 0 Å². The van der Waals surface area contributed by atoms with Gasteiger partial charge in [0.1, 0.15) is 0 Å². The molecule has 130 valence electrons. The molecule has 1 heterocycles. The molecular weight excluding hydrogens is 266 g/mol. The summed E-state index contributed by atoms with van der Waals surface area (Å²) in [6.07, 6.45) is 5.59. The third kappa shape index (κ3) is 3.12. The maximum absolute atomic E-state index is 2.94. The topological polar surface area (TPSA) is 3.24 Å². The second-order valence-corrected chi connectivity index (χ2v) is 10.7. The molecule has 0 N–H and O–H groups in total. The number of hydrogen-bond donors (Lipinski definition) is 0. The lowest BCUT2D eigenvalue weighted by Crippen LogP contribution is -2.60. The minimum absolute atomic E-state index is 0.342. The van der Waals surface area contributed by atoms with E-state index in [1.807, 2.05) is 0 Å². The van der Waals surface area contributed by atoms with Crippen LogP contribution in [0.2, 0.25) is 0 Å². The minimum Gasteiger partial charge on any atom is -0.294 e. The molecule has 2 rings (SSSR count). The largest absolute Gasteiger partial charge is 0.294 e. The second kappa shape index (κ2) is 5.80. The van der Waals surface area contributed by atoms with E-state index in [9.17, 15) is 0 Å². The highest BCUT2D eigenvalue weighted by molar-refractivity contribution is 5.07. The zero-order valence-electron chi connectivity index (χ0n) is 16.8. The summed E-state index contributed by atoms with van der Waals surface area (Å²) >= 11 is 0. The monoisotopic (exact) mass is 307 g/mol. The third-order valence-corrected chi connectivity index (χ3v) is 7.13. The molecule has 1 saturated carbocycles. The van der Waals surface area contributed by atoms with Crippen LogP contribution in [0.15, 0.2) is 0 Å². The fraction of sp³-hybridized carbons (Fsp3) is 1.00. The zero-order chi connectivity index (χ0) is 16.9. The SMILES string of the molecule is CC(C)C1CCCC(C)(C(C)C)C1N1CC(C)(C)CC1(C)C. The summed E-state index contributed by atoms with van der Waals surface area (Å²) in [5.41, 5.74) is 1.26. The van der Waals surface area contributed by atoms with E-state index in [1.165, 1.54) is 32.2 Å². The van der Waals surface area contributed by atoms with Gasteiger partial charge in [0, 0.05) is 18.1 Å². The first-order valence-corrected chi connectivity index (χ1v) is 9.67. The highest BCUT2D eigenvalue weighted by Crippen LogP contribution is 2.54. The quantitative estimate of drug-likeness (QED) is 0.619. The van der Waals surface area contributed by atoms with E-state index in [2.05, 4.69) is 67.2 Å². The van der Waals surface area contributed by atoms with Gasteiger partial charge in [0.2, 0.25) is 0 Å². The average molecular weight is 308 g/mol. The van der Waals surface area contributed by atoms with Crippen molar-refractivity contribution in [3.8, 4) is 0 Å². The van der Waals surface area contributed by atoms with E-state index < -0.39 is 0 Å². The van der Waals surface area contributed by atoms with Crippen LogP contribution in [0.1, 0.15) is 88.0 Å². The van der Waals surface area contributed by atoms with Gasteiger partial charge >= 0.3 is 0 Å². The Morgan fingerprint density at radius 1 is 0.955 bits per heavy atom. The summed E-state index contributed by atoms with van der Waals surface area (Å²) in [6.45, 7) is 23.6. The van der Waals surface area contributed by atoms with Gasteiger partial charge in [-0.25, -0.2) is 0 Å². The van der Waals surface area contributed by atoms with E-state index in [0.29, 0.717) is 16.4 Å². The standard InChI is InChI=1S/C21H41N/c1-15(2)17-11-10-12-21(9,16(3)4)18(17)22-14-19(5,6)13-20(22,7)8/h15-18H,10-14H2,1-9H3. The molecule has 1 aliphatic heterocycles. The Kier molecular flexibility index (Phi) is 4.82. The van der Waals surface area contributed by atoms with E-state index in [4.69, 9.17) is 0 Å². The Morgan fingerprint density at radius 3 is 1.95 bits per heavy atom. The van der Waals surface area contributed by atoms with Crippen molar-refractivity contribution < 1.29 is 0 Å². The summed E-state index contributed by atoms with van der Waals surface area (Å²) < 4.78 is 0. The first-order chi connectivity index (χ1) is 9.91. The van der Waals surface area contributed by atoms with Crippen molar-refractivity contribution in [2.75, 3.05) is 6.54 Å². The van der Waals surface area contributed by atoms with Crippen molar-refractivity contribution >= 4 is 0 Å². The Hall–Kier alpha value is -0.0400. The summed E-state index contributed by atoms with van der Waals surface area (Å²) in [4.78, 5) is 2.94. The highest BCUT2D eigenvalue weighted by atomic mass is 15.3. The van der Waals surface area contributed by atoms with Crippen molar-refractivity contribution in [1.82, 2.24) is 4.90 Å². The van der Waals surface area contributed by atoms with Crippen LogP contribution < -0.4 is 0 Å². The second-order valence-electron chi connectivity index (χ2n) is 10.7. The molecule has 0 amide bonds. The fourth-order valence-corrected chi connectivity index (χ4v) is 5.91. The first kappa shape index (κ1) is 18.3. The van der Waals surface area contributed by atoms with Crippen LogP contribution in [-0.4, -0.2) is 23.0 Å². The molecule has 3 atom stereocenters. The van der Waals surface area contributed by atoms with Crippen LogP contribution in [0.25, 0.3) is 0 Å². The molecular formula is C21H41N. The molecule has 2 aliphatic rings. The van der Waals surface area contributed by atoms with Crippen LogP contribution in [0.5, 0.6) is 0 Å². The Labute approximate surface area is 140 Å². The molecule has 0 radical (unpaired) electrons. The van der Waals surface area contributed by atoms with Crippen LogP contribution in [0, 0.1) is 28.6 Å². The predicted octanol–water partition coefficient (Wildman–Crippen LogP) is 5.98. The summed E-state index contributed by atoms with van der Waals surface area (Å²) in [7, 11) is 0. The first-order valence-electron chi connectivity index (χ1n) is 9.67. The van der Waals surface area contributed by atoms with Crippen LogP contribution in [0.3, 0.4) is 0 Å². The lowest BCUT2D eigenvalue weighted by Gasteiger charge is -2.57. The Balaban J connectivity index is 2.44. The van der Waals surface area contributed by atoms with Crippen LogP contribution in [0.4, 0.5) is 0 Å². The Bertz CT molecular complexity index is 393. The average Bonchev–Trinajstić information content (AvgIpc) is 2.56. The van der Waals surface area contributed by atoms with E-state index in [0.717, 1.165) is 23.8 Å². The molecule has 1 heteroatoms. The number of hydrogen-bond acceptors (Lipinski definition) is 1. The number of likely N-dealkylation sites (tertiary alicyclic amines) is 1. The number of nitrogens with zero attached hydrogens (tertiary/aromatic N) is 1. The fourth-order valence-electron chi connectivity index (χ4n) is 5.91. The molecule has 1 nitrogen and oxygen atoms in total. The molecule has 1 aliphatic carbocycles. The predicted molar refractivity (Wildman–Crippen MR) is 98.1 cm³/mol. The molecule has 1 saturated heterocycles. The van der Waals surface area contributed by atoms with Gasteiger partial charge in [0.05, 0.1) is 0 Å². The zero-order valence-corrected chi connectivity index (χ0v) is 16.8. The van der Waals surface area contributed by atoms with Crippen LogP contribution >= 0.6 is 0 Å². The lowest BCUT2D eigenvalue weighted by atomic mass is 9.58. The highest BCUT2D eigenvalue weighted by Gasteiger charge is 2.54. The molecule has 3 unspecified atom stereocenters. The van der Waals surface area contributed by atoms with Gasteiger partial charge < -0.3 is 0 Å². The molecule has 0 bridgehead atoms. The van der Waals surface area contributed by atoms with Gasteiger partial charge in [-0.3, -0.25) is 4.90 Å². The van der Waals surface area contributed by atoms with Crippen molar-refractivity contribution in [3.63, 3.8) is 0 Å². The van der Waals surface area contributed by atoms with E-state index >= 15 is 0 Å². The van der Waals surface area contributed by atoms with Gasteiger partial charge in [-0.2, -0.15) is 0 Å². The Morgan fingerprint density at radius 2 is 1.55 bits per heavy atom. The maximum Gasteiger partial charge on any atom is 0.0188 e. The van der Waals surface area contributed by atoms with Gasteiger partial charge in [-0.15, -0.1) is 0 Å². The molecule has 2 fully saturated rings. The lowest BCUT2D eigenvalue weighted by molar-refractivity contribution is -0.0727. The van der Waals surface area contributed by atoms with Gasteiger partial charge in [-0.1, -0.05) is 54.9 Å². The molecule has 22 heavy (non-hydrogen) atoms. The van der Waals surface area contributed by atoms with Crippen molar-refractivity contribution in [1.29, 1.82) is 0 Å². The van der Waals surface area contributed by atoms with E-state index in [1.54, 1.807) is 0 Å². The molecule has 0 aromatic rings. The minimum atomic E-state index is 0.342. The smallest absolute Gasteiger partial charge is 0.0188 e.